The summed E-state index contributed by atoms with van der Waals surface area (Å²) in [7, 11) is 0. The zero-order chi connectivity index (χ0) is 14.1. The first kappa shape index (κ1) is 15.5. The largest absolute Gasteiger partial charge is 0.494 e. The van der Waals surface area contributed by atoms with Gasteiger partial charge in [0.2, 0.25) is 5.91 Å². The molecule has 1 rings (SSSR count). The highest BCUT2D eigenvalue weighted by Gasteiger charge is 2.05. The average Bonchev–Trinajstić information content (AvgIpc) is 2.40. The Labute approximate surface area is 115 Å². The van der Waals surface area contributed by atoms with Crippen molar-refractivity contribution in [1.29, 1.82) is 0 Å². The SMILES string of the molecule is CCCCOc1ccc(NC(=O)CCCN)c(C)c1. The second kappa shape index (κ2) is 8.53. The Hall–Kier alpha value is -1.55. The summed E-state index contributed by atoms with van der Waals surface area (Å²) in [5.41, 5.74) is 7.23. The molecule has 3 N–H and O–H groups in total. The number of carbonyl (C=O) groups excluding carboxylic acids is 1. The zero-order valence-electron chi connectivity index (χ0n) is 11.9. The van der Waals surface area contributed by atoms with Crippen LogP contribution in [0.1, 0.15) is 38.2 Å². The molecule has 1 aromatic carbocycles. The molecule has 0 saturated heterocycles. The van der Waals surface area contributed by atoms with Crippen molar-refractivity contribution in [1.82, 2.24) is 0 Å². The summed E-state index contributed by atoms with van der Waals surface area (Å²) in [6.07, 6.45) is 3.35. The van der Waals surface area contributed by atoms with E-state index in [1.807, 2.05) is 25.1 Å². The van der Waals surface area contributed by atoms with Gasteiger partial charge in [-0.3, -0.25) is 4.79 Å². The third-order valence-corrected chi connectivity index (χ3v) is 2.85. The minimum Gasteiger partial charge on any atom is -0.494 e. The van der Waals surface area contributed by atoms with Gasteiger partial charge in [-0.1, -0.05) is 13.3 Å². The maximum atomic E-state index is 11.6. The Balaban J connectivity index is 2.54. The van der Waals surface area contributed by atoms with Crippen molar-refractivity contribution < 1.29 is 9.53 Å². The number of aryl methyl sites for hydroxylation is 1. The molecule has 1 aromatic rings. The number of anilines is 1. The molecule has 0 aliphatic carbocycles. The fourth-order valence-corrected chi connectivity index (χ4v) is 1.68. The summed E-state index contributed by atoms with van der Waals surface area (Å²) in [5, 5.41) is 2.89. The molecule has 0 fully saturated rings. The lowest BCUT2D eigenvalue weighted by atomic mass is 10.2. The van der Waals surface area contributed by atoms with E-state index < -0.39 is 0 Å². The third kappa shape index (κ3) is 5.75. The summed E-state index contributed by atoms with van der Waals surface area (Å²) in [6.45, 7) is 5.37. The molecule has 4 nitrogen and oxygen atoms in total. The monoisotopic (exact) mass is 264 g/mol. The van der Waals surface area contributed by atoms with Gasteiger partial charge < -0.3 is 15.8 Å². The van der Waals surface area contributed by atoms with Gasteiger partial charge in [-0.15, -0.1) is 0 Å². The third-order valence-electron chi connectivity index (χ3n) is 2.85. The van der Waals surface area contributed by atoms with Crippen LogP contribution >= 0.6 is 0 Å². The first-order valence-corrected chi connectivity index (χ1v) is 6.90. The lowest BCUT2D eigenvalue weighted by Gasteiger charge is -2.11. The van der Waals surface area contributed by atoms with Crippen LogP contribution in [0.4, 0.5) is 5.69 Å². The van der Waals surface area contributed by atoms with Crippen molar-refractivity contribution in [2.45, 2.75) is 39.5 Å². The predicted molar refractivity (Wildman–Crippen MR) is 78.5 cm³/mol. The Morgan fingerprint density at radius 3 is 2.79 bits per heavy atom. The van der Waals surface area contributed by atoms with Crippen molar-refractivity contribution in [2.24, 2.45) is 5.73 Å². The van der Waals surface area contributed by atoms with E-state index >= 15 is 0 Å². The molecule has 0 aromatic heterocycles. The summed E-state index contributed by atoms with van der Waals surface area (Å²) in [6, 6.07) is 5.73. The summed E-state index contributed by atoms with van der Waals surface area (Å²) in [4.78, 5) is 11.6. The number of hydrogen-bond acceptors (Lipinski definition) is 3. The highest BCUT2D eigenvalue weighted by Crippen LogP contribution is 2.21. The van der Waals surface area contributed by atoms with Crippen molar-refractivity contribution in [3.05, 3.63) is 23.8 Å². The Bertz CT molecular complexity index is 405. The van der Waals surface area contributed by atoms with Crippen LogP contribution in [-0.4, -0.2) is 19.1 Å². The molecule has 0 bridgehead atoms. The van der Waals surface area contributed by atoms with Gasteiger partial charge in [-0.2, -0.15) is 0 Å². The van der Waals surface area contributed by atoms with Crippen LogP contribution in [0.2, 0.25) is 0 Å². The van der Waals surface area contributed by atoms with Crippen molar-refractivity contribution in [2.75, 3.05) is 18.5 Å². The Morgan fingerprint density at radius 2 is 2.16 bits per heavy atom. The van der Waals surface area contributed by atoms with E-state index in [4.69, 9.17) is 10.5 Å². The fourth-order valence-electron chi connectivity index (χ4n) is 1.68. The lowest BCUT2D eigenvalue weighted by Crippen LogP contribution is -2.14. The minimum atomic E-state index is 0.00759. The quantitative estimate of drug-likeness (QED) is 0.710. The molecule has 0 aliphatic heterocycles. The smallest absolute Gasteiger partial charge is 0.224 e. The van der Waals surface area contributed by atoms with Crippen molar-refractivity contribution >= 4 is 11.6 Å². The Morgan fingerprint density at radius 1 is 1.37 bits per heavy atom. The number of amides is 1. The first-order chi connectivity index (χ1) is 9.17. The number of ether oxygens (including phenoxy) is 1. The molecule has 0 heterocycles. The standard InChI is InChI=1S/C15H24N2O2/c1-3-4-10-19-13-7-8-14(12(2)11-13)17-15(18)6-5-9-16/h7-8,11H,3-6,9-10,16H2,1-2H3,(H,17,18). The second-order valence-electron chi connectivity index (χ2n) is 4.62. The summed E-state index contributed by atoms with van der Waals surface area (Å²) < 4.78 is 5.62. The number of carbonyl (C=O) groups is 1. The maximum Gasteiger partial charge on any atom is 0.224 e. The van der Waals surface area contributed by atoms with Gasteiger partial charge in [0.25, 0.3) is 0 Å². The van der Waals surface area contributed by atoms with E-state index in [1.165, 1.54) is 0 Å². The van der Waals surface area contributed by atoms with Gasteiger partial charge in [0.15, 0.2) is 0 Å². The van der Waals surface area contributed by atoms with E-state index in [9.17, 15) is 4.79 Å². The molecule has 106 valence electrons. The molecule has 4 heteroatoms. The van der Waals surface area contributed by atoms with E-state index in [-0.39, 0.29) is 5.91 Å². The van der Waals surface area contributed by atoms with Crippen LogP contribution in [0.15, 0.2) is 18.2 Å². The lowest BCUT2D eigenvalue weighted by molar-refractivity contribution is -0.116. The van der Waals surface area contributed by atoms with Crippen LogP contribution in [0, 0.1) is 6.92 Å². The number of nitrogens with one attached hydrogen (secondary N) is 1. The van der Waals surface area contributed by atoms with Gasteiger partial charge in [-0.25, -0.2) is 0 Å². The van der Waals surface area contributed by atoms with Crippen LogP contribution in [0.3, 0.4) is 0 Å². The first-order valence-electron chi connectivity index (χ1n) is 6.90. The minimum absolute atomic E-state index is 0.00759. The number of rotatable bonds is 8. The molecule has 0 spiro atoms. The van der Waals surface area contributed by atoms with Gasteiger partial charge in [0.05, 0.1) is 6.61 Å². The molecule has 0 saturated carbocycles. The van der Waals surface area contributed by atoms with E-state index in [2.05, 4.69) is 12.2 Å². The van der Waals surface area contributed by atoms with E-state index in [1.54, 1.807) is 0 Å². The molecule has 19 heavy (non-hydrogen) atoms. The van der Waals surface area contributed by atoms with Crippen molar-refractivity contribution in [3.63, 3.8) is 0 Å². The fraction of sp³-hybridized carbons (Fsp3) is 0.533. The number of hydrogen-bond donors (Lipinski definition) is 2. The average molecular weight is 264 g/mol. The molecule has 1 amide bonds. The molecule has 0 aliphatic rings. The second-order valence-corrected chi connectivity index (χ2v) is 4.62. The number of benzene rings is 1. The molecule has 0 radical (unpaired) electrons. The van der Waals surface area contributed by atoms with Crippen LogP contribution in [0.5, 0.6) is 5.75 Å². The molecule has 0 atom stereocenters. The van der Waals surface area contributed by atoms with E-state index in [0.29, 0.717) is 19.4 Å². The van der Waals surface area contributed by atoms with Crippen LogP contribution in [0.25, 0.3) is 0 Å². The van der Waals surface area contributed by atoms with E-state index in [0.717, 1.165) is 36.4 Å². The number of unbranched alkanes of at least 4 members (excludes halogenated alkanes) is 1. The van der Waals surface area contributed by atoms with Crippen LogP contribution in [-0.2, 0) is 4.79 Å². The molecular weight excluding hydrogens is 240 g/mol. The van der Waals surface area contributed by atoms with Gasteiger partial charge >= 0.3 is 0 Å². The maximum absolute atomic E-state index is 11.6. The Kier molecular flexibility index (Phi) is 6.97. The van der Waals surface area contributed by atoms with Crippen molar-refractivity contribution in [3.8, 4) is 5.75 Å². The topological polar surface area (TPSA) is 64.3 Å². The molecule has 0 unspecified atom stereocenters. The predicted octanol–water partition coefficient (Wildman–Crippen LogP) is 2.85. The van der Waals surface area contributed by atoms with Gasteiger partial charge in [-0.05, 0) is 50.1 Å². The van der Waals surface area contributed by atoms with Gasteiger partial charge in [0.1, 0.15) is 5.75 Å². The van der Waals surface area contributed by atoms with Gasteiger partial charge in [0, 0.05) is 12.1 Å². The molecular formula is C15H24N2O2. The summed E-state index contributed by atoms with van der Waals surface area (Å²) in [5.74, 6) is 0.860. The normalized spacial score (nSPS) is 10.3. The zero-order valence-corrected chi connectivity index (χ0v) is 11.9. The number of nitrogens with two attached hydrogens (primary N) is 1. The van der Waals surface area contributed by atoms with Crippen LogP contribution < -0.4 is 15.8 Å². The summed E-state index contributed by atoms with van der Waals surface area (Å²) >= 11 is 0. The highest BCUT2D eigenvalue weighted by molar-refractivity contribution is 5.91. The highest BCUT2D eigenvalue weighted by atomic mass is 16.5.